The molecule has 0 saturated carbocycles. The number of amides is 3. The van der Waals surface area contributed by atoms with Crippen molar-refractivity contribution in [3.05, 3.63) is 0 Å². The Morgan fingerprint density at radius 2 is 1.63 bits per heavy atom. The van der Waals surface area contributed by atoms with Gasteiger partial charge in [0.05, 0.1) is 0 Å². The lowest BCUT2D eigenvalue weighted by atomic mass is 10.0. The molecule has 0 aliphatic heterocycles. The van der Waals surface area contributed by atoms with Gasteiger partial charge in [0.1, 0.15) is 12.1 Å². The van der Waals surface area contributed by atoms with Crippen LogP contribution in [-0.4, -0.2) is 54.1 Å². The van der Waals surface area contributed by atoms with E-state index in [1.807, 2.05) is 13.8 Å². The SMILES string of the molecule is CC(C)CC(NC(=O)NC(C)C(=O)N(C)C)C(=O)O. The maximum absolute atomic E-state index is 11.6. The van der Waals surface area contributed by atoms with E-state index in [0.29, 0.717) is 6.42 Å². The number of aliphatic carboxylic acids is 1. The summed E-state index contributed by atoms with van der Waals surface area (Å²) in [6.45, 7) is 5.28. The molecule has 2 unspecified atom stereocenters. The molecule has 0 saturated heterocycles. The highest BCUT2D eigenvalue weighted by Crippen LogP contribution is 2.04. The molecule has 0 aromatic heterocycles. The predicted octanol–water partition coefficient (Wildman–Crippen LogP) is 0.262. The van der Waals surface area contributed by atoms with Crippen LogP contribution in [0.4, 0.5) is 4.79 Å². The Balaban J connectivity index is 4.42. The Morgan fingerprint density at radius 3 is 2.00 bits per heavy atom. The van der Waals surface area contributed by atoms with Crippen LogP contribution in [0.15, 0.2) is 0 Å². The van der Waals surface area contributed by atoms with Crippen molar-refractivity contribution in [3.8, 4) is 0 Å². The number of nitrogens with one attached hydrogen (secondary N) is 2. The van der Waals surface area contributed by atoms with Gasteiger partial charge in [-0.15, -0.1) is 0 Å². The Hall–Kier alpha value is -1.79. The molecule has 0 aliphatic rings. The monoisotopic (exact) mass is 273 g/mol. The van der Waals surface area contributed by atoms with Crippen molar-refractivity contribution >= 4 is 17.9 Å². The third kappa shape index (κ3) is 6.64. The van der Waals surface area contributed by atoms with Crippen molar-refractivity contribution < 1.29 is 19.5 Å². The van der Waals surface area contributed by atoms with E-state index < -0.39 is 24.1 Å². The second kappa shape index (κ2) is 7.60. The number of urea groups is 1. The van der Waals surface area contributed by atoms with E-state index in [9.17, 15) is 14.4 Å². The van der Waals surface area contributed by atoms with E-state index in [0.717, 1.165) is 0 Å². The molecule has 0 fully saturated rings. The van der Waals surface area contributed by atoms with Gasteiger partial charge in [-0.2, -0.15) is 0 Å². The van der Waals surface area contributed by atoms with Crippen LogP contribution in [0.1, 0.15) is 27.2 Å². The fourth-order valence-corrected chi connectivity index (χ4v) is 1.54. The number of nitrogens with zero attached hydrogens (tertiary/aromatic N) is 1. The van der Waals surface area contributed by atoms with Gasteiger partial charge in [0.25, 0.3) is 0 Å². The lowest BCUT2D eigenvalue weighted by Gasteiger charge is -2.21. The Labute approximate surface area is 113 Å². The molecule has 7 heteroatoms. The number of rotatable bonds is 6. The summed E-state index contributed by atoms with van der Waals surface area (Å²) < 4.78 is 0. The van der Waals surface area contributed by atoms with E-state index in [1.54, 1.807) is 21.0 Å². The zero-order valence-electron chi connectivity index (χ0n) is 12.1. The van der Waals surface area contributed by atoms with Crippen LogP contribution in [-0.2, 0) is 9.59 Å². The molecule has 0 rings (SSSR count). The molecule has 0 spiro atoms. The summed E-state index contributed by atoms with van der Waals surface area (Å²) in [6, 6.07) is -2.32. The van der Waals surface area contributed by atoms with Gasteiger partial charge in [0.2, 0.25) is 5.91 Å². The molecule has 0 aliphatic carbocycles. The number of carbonyl (C=O) groups excluding carboxylic acids is 2. The van der Waals surface area contributed by atoms with Crippen molar-refractivity contribution in [2.75, 3.05) is 14.1 Å². The molecule has 7 nitrogen and oxygen atoms in total. The average Bonchev–Trinajstić information content (AvgIpc) is 2.25. The molecular formula is C12H23N3O4. The van der Waals surface area contributed by atoms with Gasteiger partial charge in [-0.05, 0) is 19.3 Å². The summed E-state index contributed by atoms with van der Waals surface area (Å²) in [5.74, 6) is -1.21. The van der Waals surface area contributed by atoms with Crippen molar-refractivity contribution in [1.82, 2.24) is 15.5 Å². The molecular weight excluding hydrogens is 250 g/mol. The molecule has 0 radical (unpaired) electrons. The molecule has 0 bridgehead atoms. The van der Waals surface area contributed by atoms with Crippen LogP contribution in [0.3, 0.4) is 0 Å². The van der Waals surface area contributed by atoms with Gasteiger partial charge in [0, 0.05) is 14.1 Å². The molecule has 3 amide bonds. The van der Waals surface area contributed by atoms with Gasteiger partial charge in [-0.1, -0.05) is 13.8 Å². The highest BCUT2D eigenvalue weighted by atomic mass is 16.4. The largest absolute Gasteiger partial charge is 0.480 e. The number of carboxylic acid groups (broad SMARTS) is 1. The zero-order chi connectivity index (χ0) is 15.2. The first kappa shape index (κ1) is 17.2. The molecule has 3 N–H and O–H groups in total. The van der Waals surface area contributed by atoms with Crippen molar-refractivity contribution in [2.45, 2.75) is 39.3 Å². The van der Waals surface area contributed by atoms with Crippen LogP contribution < -0.4 is 10.6 Å². The van der Waals surface area contributed by atoms with Crippen LogP contribution in [0.2, 0.25) is 0 Å². The first-order chi connectivity index (χ1) is 8.65. The van der Waals surface area contributed by atoms with Crippen molar-refractivity contribution in [2.24, 2.45) is 5.92 Å². The van der Waals surface area contributed by atoms with Crippen LogP contribution in [0.25, 0.3) is 0 Å². The lowest BCUT2D eigenvalue weighted by molar-refractivity contribution is -0.139. The number of hydrogen-bond donors (Lipinski definition) is 3. The highest BCUT2D eigenvalue weighted by molar-refractivity contribution is 5.88. The summed E-state index contributed by atoms with van der Waals surface area (Å²) in [5.41, 5.74) is 0. The van der Waals surface area contributed by atoms with Gasteiger partial charge in [-0.25, -0.2) is 9.59 Å². The van der Waals surface area contributed by atoms with Gasteiger partial charge < -0.3 is 20.6 Å². The van der Waals surface area contributed by atoms with Crippen molar-refractivity contribution in [1.29, 1.82) is 0 Å². The Morgan fingerprint density at radius 1 is 1.11 bits per heavy atom. The fourth-order valence-electron chi connectivity index (χ4n) is 1.54. The summed E-state index contributed by atoms with van der Waals surface area (Å²) >= 11 is 0. The fraction of sp³-hybridized carbons (Fsp3) is 0.750. The van der Waals surface area contributed by atoms with E-state index in [-0.39, 0.29) is 11.8 Å². The minimum atomic E-state index is -1.09. The summed E-state index contributed by atoms with van der Waals surface area (Å²) in [7, 11) is 3.16. The third-order valence-electron chi connectivity index (χ3n) is 2.47. The normalized spacial score (nSPS) is 13.6. The van der Waals surface area contributed by atoms with E-state index >= 15 is 0 Å². The van der Waals surface area contributed by atoms with Crippen LogP contribution >= 0.6 is 0 Å². The standard InChI is InChI=1S/C12H23N3O4/c1-7(2)6-9(11(17)18)14-12(19)13-8(3)10(16)15(4)5/h7-9H,6H2,1-5H3,(H,17,18)(H2,13,14,19). The molecule has 110 valence electrons. The molecule has 0 heterocycles. The number of hydrogen-bond acceptors (Lipinski definition) is 3. The summed E-state index contributed by atoms with van der Waals surface area (Å²) in [4.78, 5) is 35.5. The van der Waals surface area contributed by atoms with E-state index in [4.69, 9.17) is 5.11 Å². The van der Waals surface area contributed by atoms with Gasteiger partial charge >= 0.3 is 12.0 Å². The van der Waals surface area contributed by atoms with E-state index in [1.165, 1.54) is 4.90 Å². The highest BCUT2D eigenvalue weighted by Gasteiger charge is 2.23. The topological polar surface area (TPSA) is 98.7 Å². The van der Waals surface area contributed by atoms with Gasteiger partial charge in [-0.3, -0.25) is 4.79 Å². The molecule has 0 aromatic rings. The first-order valence-electron chi connectivity index (χ1n) is 6.16. The number of carbonyl (C=O) groups is 3. The minimum Gasteiger partial charge on any atom is -0.480 e. The first-order valence-corrected chi connectivity index (χ1v) is 6.16. The molecule has 2 atom stereocenters. The predicted molar refractivity (Wildman–Crippen MR) is 70.7 cm³/mol. The summed E-state index contributed by atoms with van der Waals surface area (Å²) in [6.07, 6.45) is 0.332. The van der Waals surface area contributed by atoms with Gasteiger partial charge in [0.15, 0.2) is 0 Å². The molecule has 19 heavy (non-hydrogen) atoms. The van der Waals surface area contributed by atoms with Crippen LogP contribution in [0, 0.1) is 5.92 Å². The average molecular weight is 273 g/mol. The third-order valence-corrected chi connectivity index (χ3v) is 2.47. The Bertz CT molecular complexity index is 342. The number of likely N-dealkylation sites (N-methyl/N-ethyl adjacent to an activating group) is 1. The lowest BCUT2D eigenvalue weighted by Crippen LogP contribution is -2.52. The smallest absolute Gasteiger partial charge is 0.326 e. The molecule has 0 aromatic carbocycles. The maximum Gasteiger partial charge on any atom is 0.326 e. The maximum atomic E-state index is 11.6. The van der Waals surface area contributed by atoms with Crippen LogP contribution in [0.5, 0.6) is 0 Å². The second-order valence-electron chi connectivity index (χ2n) is 5.09. The second-order valence-corrected chi connectivity index (χ2v) is 5.09. The summed E-state index contributed by atoms with van der Waals surface area (Å²) in [5, 5.41) is 13.8. The number of carboxylic acids is 1. The van der Waals surface area contributed by atoms with E-state index in [2.05, 4.69) is 10.6 Å². The minimum absolute atomic E-state index is 0.141. The zero-order valence-corrected chi connectivity index (χ0v) is 12.1. The Kier molecular flexibility index (Phi) is 6.89. The quantitative estimate of drug-likeness (QED) is 0.646. The van der Waals surface area contributed by atoms with Crippen molar-refractivity contribution in [3.63, 3.8) is 0 Å².